The highest BCUT2D eigenvalue weighted by Gasteiger charge is 2.19. The number of benzene rings is 1. The van der Waals surface area contributed by atoms with Crippen LogP contribution in [0, 0.1) is 5.82 Å². The quantitative estimate of drug-likeness (QED) is 0.858. The van der Waals surface area contributed by atoms with E-state index in [4.69, 9.17) is 11.6 Å². The van der Waals surface area contributed by atoms with Crippen molar-refractivity contribution in [3.63, 3.8) is 0 Å². The summed E-state index contributed by atoms with van der Waals surface area (Å²) in [4.78, 5) is 2.20. The third-order valence-corrected chi connectivity index (χ3v) is 3.40. The van der Waals surface area contributed by atoms with Crippen molar-refractivity contribution in [1.82, 2.24) is 5.32 Å². The van der Waals surface area contributed by atoms with Crippen LogP contribution in [0.25, 0.3) is 0 Å². The van der Waals surface area contributed by atoms with Crippen molar-refractivity contribution < 1.29 is 4.39 Å². The molecule has 1 fully saturated rings. The molecule has 0 bridgehead atoms. The number of rotatable bonds is 2. The predicted octanol–water partition coefficient (Wildman–Crippen LogP) is 2.67. The van der Waals surface area contributed by atoms with Crippen LogP contribution in [0.4, 0.5) is 10.1 Å². The molecular formula is C12H16ClFN2. The first-order chi connectivity index (χ1) is 7.70. The first-order valence-electron chi connectivity index (χ1n) is 5.58. The Morgan fingerprint density at radius 2 is 2.31 bits per heavy atom. The fourth-order valence-corrected chi connectivity index (χ4v) is 2.25. The van der Waals surface area contributed by atoms with Crippen molar-refractivity contribution in [2.75, 3.05) is 25.0 Å². The molecule has 4 heteroatoms. The van der Waals surface area contributed by atoms with Gasteiger partial charge in [0.15, 0.2) is 0 Å². The maximum atomic E-state index is 13.3. The Bertz CT molecular complexity index is 370. The van der Waals surface area contributed by atoms with Crippen LogP contribution in [-0.2, 0) is 0 Å². The van der Waals surface area contributed by atoms with E-state index in [9.17, 15) is 4.39 Å². The minimum Gasteiger partial charge on any atom is -0.370 e. The molecule has 0 aliphatic carbocycles. The maximum absolute atomic E-state index is 13.3. The highest BCUT2D eigenvalue weighted by molar-refractivity contribution is 6.30. The molecule has 2 rings (SSSR count). The second-order valence-corrected chi connectivity index (χ2v) is 4.58. The third kappa shape index (κ3) is 2.47. The van der Waals surface area contributed by atoms with Gasteiger partial charge < -0.3 is 10.2 Å². The summed E-state index contributed by atoms with van der Waals surface area (Å²) in [6, 6.07) is 5.51. The summed E-state index contributed by atoms with van der Waals surface area (Å²) in [5.41, 5.74) is 0.918. The monoisotopic (exact) mass is 242 g/mol. The highest BCUT2D eigenvalue weighted by atomic mass is 35.5. The molecule has 1 N–H and O–H groups in total. The first-order valence-corrected chi connectivity index (χ1v) is 5.96. The molecule has 0 aromatic heterocycles. The highest BCUT2D eigenvalue weighted by Crippen LogP contribution is 2.24. The lowest BCUT2D eigenvalue weighted by atomic mass is 10.1. The average molecular weight is 243 g/mol. The second-order valence-electron chi connectivity index (χ2n) is 4.17. The van der Waals surface area contributed by atoms with E-state index < -0.39 is 0 Å². The van der Waals surface area contributed by atoms with E-state index in [1.165, 1.54) is 12.5 Å². The van der Waals surface area contributed by atoms with Gasteiger partial charge in [-0.1, -0.05) is 11.6 Å². The fourth-order valence-electron chi connectivity index (χ4n) is 2.13. The van der Waals surface area contributed by atoms with Crippen molar-refractivity contribution in [1.29, 1.82) is 0 Å². The van der Waals surface area contributed by atoms with Gasteiger partial charge in [-0.2, -0.15) is 0 Å². The van der Waals surface area contributed by atoms with Crippen molar-refractivity contribution in [2.24, 2.45) is 0 Å². The van der Waals surface area contributed by atoms with Crippen molar-refractivity contribution in [3.8, 4) is 0 Å². The van der Waals surface area contributed by atoms with E-state index in [1.54, 1.807) is 6.07 Å². The molecule has 1 saturated heterocycles. The molecule has 0 radical (unpaired) electrons. The predicted molar refractivity (Wildman–Crippen MR) is 65.7 cm³/mol. The molecule has 1 aliphatic heterocycles. The number of hydrogen-bond donors (Lipinski definition) is 1. The lowest BCUT2D eigenvalue weighted by molar-refractivity contribution is 0.449. The van der Waals surface area contributed by atoms with E-state index in [0.29, 0.717) is 6.04 Å². The van der Waals surface area contributed by atoms with Gasteiger partial charge >= 0.3 is 0 Å². The van der Waals surface area contributed by atoms with Crippen LogP contribution in [0.1, 0.15) is 12.8 Å². The van der Waals surface area contributed by atoms with Gasteiger partial charge in [0.1, 0.15) is 5.82 Å². The van der Waals surface area contributed by atoms with Crippen molar-refractivity contribution in [3.05, 3.63) is 29.0 Å². The maximum Gasteiger partial charge on any atom is 0.143 e. The number of anilines is 1. The zero-order valence-electron chi connectivity index (χ0n) is 9.34. The molecule has 0 spiro atoms. The molecule has 1 aromatic rings. The molecule has 1 aromatic carbocycles. The van der Waals surface area contributed by atoms with Gasteiger partial charge in [-0.05, 0) is 38.1 Å². The van der Waals surface area contributed by atoms with Crippen molar-refractivity contribution >= 4 is 17.3 Å². The Hall–Kier alpha value is -0.800. The van der Waals surface area contributed by atoms with Crippen molar-refractivity contribution in [2.45, 2.75) is 18.9 Å². The Morgan fingerprint density at radius 3 is 3.00 bits per heavy atom. The van der Waals surface area contributed by atoms with Crippen LogP contribution in [0.15, 0.2) is 18.2 Å². The van der Waals surface area contributed by atoms with Crippen LogP contribution >= 0.6 is 11.6 Å². The molecule has 1 unspecified atom stereocenters. The number of hydrogen-bond acceptors (Lipinski definition) is 2. The van der Waals surface area contributed by atoms with Gasteiger partial charge in [0.25, 0.3) is 0 Å². The first kappa shape index (κ1) is 11.7. The van der Waals surface area contributed by atoms with Crippen LogP contribution in [-0.4, -0.2) is 26.2 Å². The number of nitrogens with one attached hydrogen (secondary N) is 1. The summed E-state index contributed by atoms with van der Waals surface area (Å²) in [5, 5.41) is 3.45. The Labute approximate surface area is 100 Å². The van der Waals surface area contributed by atoms with Gasteiger partial charge in [-0.25, -0.2) is 4.39 Å². The van der Waals surface area contributed by atoms with Gasteiger partial charge in [0.2, 0.25) is 0 Å². The average Bonchev–Trinajstić information content (AvgIpc) is 2.33. The van der Waals surface area contributed by atoms with Gasteiger partial charge in [-0.15, -0.1) is 0 Å². The standard InChI is InChI=1S/C12H16ClFN2/c1-15-9-3-2-6-16(8-9)10-4-5-11(13)12(14)7-10/h4-5,7,9,15H,2-3,6,8H2,1H3. The molecule has 16 heavy (non-hydrogen) atoms. The lowest BCUT2D eigenvalue weighted by Crippen LogP contribution is -2.44. The van der Waals surface area contributed by atoms with Gasteiger partial charge in [0, 0.05) is 24.8 Å². The van der Waals surface area contributed by atoms with Gasteiger partial charge in [0.05, 0.1) is 5.02 Å². The largest absolute Gasteiger partial charge is 0.370 e. The summed E-state index contributed by atoms with van der Waals surface area (Å²) in [5.74, 6) is -0.342. The Morgan fingerprint density at radius 1 is 1.50 bits per heavy atom. The molecular weight excluding hydrogens is 227 g/mol. The molecule has 1 heterocycles. The van der Waals surface area contributed by atoms with Crippen LogP contribution in [0.5, 0.6) is 0 Å². The molecule has 88 valence electrons. The zero-order valence-corrected chi connectivity index (χ0v) is 10.1. The van der Waals surface area contributed by atoms with Crippen LogP contribution in [0.2, 0.25) is 5.02 Å². The molecule has 0 amide bonds. The van der Waals surface area contributed by atoms with E-state index in [1.807, 2.05) is 13.1 Å². The lowest BCUT2D eigenvalue weighted by Gasteiger charge is -2.34. The van der Waals surface area contributed by atoms with E-state index >= 15 is 0 Å². The number of nitrogens with zero attached hydrogens (tertiary/aromatic N) is 1. The fraction of sp³-hybridized carbons (Fsp3) is 0.500. The number of halogens is 2. The molecule has 2 nitrogen and oxygen atoms in total. The summed E-state index contributed by atoms with van der Waals surface area (Å²) in [6.45, 7) is 1.91. The van der Waals surface area contributed by atoms with Crippen LogP contribution < -0.4 is 10.2 Å². The topological polar surface area (TPSA) is 15.3 Å². The molecule has 1 atom stereocenters. The summed E-state index contributed by atoms with van der Waals surface area (Å²) >= 11 is 5.67. The van der Waals surface area contributed by atoms with Crippen LogP contribution in [0.3, 0.4) is 0 Å². The summed E-state index contributed by atoms with van der Waals surface area (Å²) < 4.78 is 13.3. The minimum atomic E-state index is -0.342. The normalized spacial score (nSPS) is 21.2. The Balaban J connectivity index is 2.13. The summed E-state index contributed by atoms with van der Waals surface area (Å²) in [7, 11) is 1.97. The Kier molecular flexibility index (Phi) is 3.66. The van der Waals surface area contributed by atoms with E-state index in [2.05, 4.69) is 10.2 Å². The van der Waals surface area contributed by atoms with E-state index in [-0.39, 0.29) is 10.8 Å². The second kappa shape index (κ2) is 5.02. The molecule has 1 aliphatic rings. The van der Waals surface area contributed by atoms with E-state index in [0.717, 1.165) is 25.2 Å². The van der Waals surface area contributed by atoms with Gasteiger partial charge in [-0.3, -0.25) is 0 Å². The SMILES string of the molecule is CNC1CCCN(c2ccc(Cl)c(F)c2)C1. The summed E-state index contributed by atoms with van der Waals surface area (Å²) in [6.07, 6.45) is 2.32. The minimum absolute atomic E-state index is 0.186. The third-order valence-electron chi connectivity index (χ3n) is 3.10. The smallest absolute Gasteiger partial charge is 0.143 e. The number of likely N-dealkylation sites (N-methyl/N-ethyl adjacent to an activating group) is 1. The zero-order chi connectivity index (χ0) is 11.5. The number of piperidine rings is 1. The molecule has 0 saturated carbocycles.